The van der Waals surface area contributed by atoms with E-state index in [1.54, 1.807) is 0 Å². The summed E-state index contributed by atoms with van der Waals surface area (Å²) in [4.78, 5) is 14.8. The first-order valence-electron chi connectivity index (χ1n) is 7.95. The third kappa shape index (κ3) is 2.88. The third-order valence-electron chi connectivity index (χ3n) is 4.61. The van der Waals surface area contributed by atoms with Gasteiger partial charge in [0.15, 0.2) is 0 Å². The fourth-order valence-electron chi connectivity index (χ4n) is 3.45. The van der Waals surface area contributed by atoms with Crippen molar-refractivity contribution in [2.24, 2.45) is 0 Å². The topological polar surface area (TPSA) is 32.3 Å². The fourth-order valence-corrected chi connectivity index (χ4v) is 3.45. The van der Waals surface area contributed by atoms with E-state index in [0.717, 1.165) is 57.4 Å². The van der Waals surface area contributed by atoms with Crippen molar-refractivity contribution in [1.29, 1.82) is 0 Å². The van der Waals surface area contributed by atoms with Crippen LogP contribution in [0, 0.1) is 0 Å². The number of hydrogen-bond donors (Lipinski definition) is 1. The van der Waals surface area contributed by atoms with Crippen molar-refractivity contribution in [2.45, 2.75) is 38.0 Å². The molecule has 3 rings (SSSR count). The number of carbonyl (C=O) groups excluding carboxylic acids is 1. The number of carbonyl (C=O) groups is 1. The maximum absolute atomic E-state index is 12.8. The Morgan fingerprint density at radius 2 is 1.75 bits per heavy atom. The standard InChI is InChI=1S/C17H24N2O/c20-17(19-12-4-1-5-13-19)16-7-3-2-6-15(16)14-8-10-18-11-9-14/h2-3,6-7,14,18H,1,4-5,8-13H2. The zero-order valence-corrected chi connectivity index (χ0v) is 12.1. The zero-order chi connectivity index (χ0) is 13.8. The molecule has 1 N–H and O–H groups in total. The number of rotatable bonds is 2. The quantitative estimate of drug-likeness (QED) is 0.898. The average Bonchev–Trinajstić information content (AvgIpc) is 2.56. The Balaban J connectivity index is 1.82. The van der Waals surface area contributed by atoms with Crippen LogP contribution in [0.2, 0.25) is 0 Å². The minimum Gasteiger partial charge on any atom is -0.339 e. The van der Waals surface area contributed by atoms with E-state index in [1.807, 2.05) is 17.0 Å². The van der Waals surface area contributed by atoms with Crippen LogP contribution in [0.4, 0.5) is 0 Å². The maximum Gasteiger partial charge on any atom is 0.254 e. The molecule has 0 aromatic heterocycles. The maximum atomic E-state index is 12.8. The van der Waals surface area contributed by atoms with Gasteiger partial charge in [0.05, 0.1) is 0 Å². The summed E-state index contributed by atoms with van der Waals surface area (Å²) in [6.07, 6.45) is 5.86. The van der Waals surface area contributed by atoms with Gasteiger partial charge in [0, 0.05) is 18.7 Å². The van der Waals surface area contributed by atoms with E-state index >= 15 is 0 Å². The van der Waals surface area contributed by atoms with Gasteiger partial charge in [0.25, 0.3) is 5.91 Å². The molecule has 0 bridgehead atoms. The number of nitrogens with zero attached hydrogens (tertiary/aromatic N) is 1. The van der Waals surface area contributed by atoms with Crippen molar-refractivity contribution in [2.75, 3.05) is 26.2 Å². The van der Waals surface area contributed by atoms with Gasteiger partial charge in [-0.05, 0) is 62.7 Å². The van der Waals surface area contributed by atoms with Crippen molar-refractivity contribution >= 4 is 5.91 Å². The first kappa shape index (κ1) is 13.6. The van der Waals surface area contributed by atoms with Gasteiger partial charge in [-0.15, -0.1) is 0 Å². The van der Waals surface area contributed by atoms with E-state index in [-0.39, 0.29) is 5.91 Å². The molecule has 20 heavy (non-hydrogen) atoms. The predicted octanol–water partition coefficient (Wildman–Crippen LogP) is 2.78. The molecule has 0 spiro atoms. The van der Waals surface area contributed by atoms with Crippen LogP contribution >= 0.6 is 0 Å². The number of piperidine rings is 2. The normalized spacial score (nSPS) is 20.9. The minimum atomic E-state index is 0.249. The molecule has 3 nitrogen and oxygen atoms in total. The van der Waals surface area contributed by atoms with E-state index in [4.69, 9.17) is 0 Å². The van der Waals surface area contributed by atoms with Crippen LogP contribution in [-0.2, 0) is 0 Å². The highest BCUT2D eigenvalue weighted by molar-refractivity contribution is 5.96. The molecule has 0 unspecified atom stereocenters. The van der Waals surface area contributed by atoms with E-state index in [0.29, 0.717) is 5.92 Å². The van der Waals surface area contributed by atoms with E-state index < -0.39 is 0 Å². The van der Waals surface area contributed by atoms with Gasteiger partial charge in [0.2, 0.25) is 0 Å². The van der Waals surface area contributed by atoms with Crippen molar-refractivity contribution < 1.29 is 4.79 Å². The Morgan fingerprint density at radius 1 is 1.05 bits per heavy atom. The van der Waals surface area contributed by atoms with Crippen LogP contribution in [0.3, 0.4) is 0 Å². The van der Waals surface area contributed by atoms with Gasteiger partial charge in [-0.1, -0.05) is 18.2 Å². The lowest BCUT2D eigenvalue weighted by atomic mass is 9.86. The number of benzene rings is 1. The van der Waals surface area contributed by atoms with E-state index in [1.165, 1.54) is 12.0 Å². The molecule has 2 saturated heterocycles. The molecule has 1 amide bonds. The Bertz CT molecular complexity index is 460. The van der Waals surface area contributed by atoms with Crippen LogP contribution in [0.5, 0.6) is 0 Å². The summed E-state index contributed by atoms with van der Waals surface area (Å²) in [5.74, 6) is 0.792. The first-order valence-corrected chi connectivity index (χ1v) is 7.95. The second-order valence-corrected chi connectivity index (χ2v) is 5.96. The summed E-state index contributed by atoms with van der Waals surface area (Å²) in [7, 11) is 0. The largest absolute Gasteiger partial charge is 0.339 e. The second kappa shape index (κ2) is 6.40. The van der Waals surface area contributed by atoms with Gasteiger partial charge in [-0.2, -0.15) is 0 Å². The van der Waals surface area contributed by atoms with Crippen LogP contribution in [0.1, 0.15) is 53.9 Å². The molecule has 0 atom stereocenters. The van der Waals surface area contributed by atoms with Gasteiger partial charge in [-0.3, -0.25) is 4.79 Å². The lowest BCUT2D eigenvalue weighted by Gasteiger charge is -2.30. The van der Waals surface area contributed by atoms with Crippen molar-refractivity contribution in [3.63, 3.8) is 0 Å². The summed E-state index contributed by atoms with van der Waals surface area (Å²) in [5, 5.41) is 3.40. The summed E-state index contributed by atoms with van der Waals surface area (Å²) in [6, 6.07) is 8.26. The molecular formula is C17H24N2O. The molecule has 2 aliphatic heterocycles. The molecule has 1 aromatic carbocycles. The number of hydrogen-bond acceptors (Lipinski definition) is 2. The first-order chi connectivity index (χ1) is 9.86. The molecule has 3 heteroatoms. The smallest absolute Gasteiger partial charge is 0.254 e. The predicted molar refractivity (Wildman–Crippen MR) is 81.0 cm³/mol. The molecule has 2 aliphatic rings. The highest BCUT2D eigenvalue weighted by Crippen LogP contribution is 2.29. The molecule has 0 aliphatic carbocycles. The fraction of sp³-hybridized carbons (Fsp3) is 0.588. The second-order valence-electron chi connectivity index (χ2n) is 5.96. The molecule has 1 aromatic rings. The van der Waals surface area contributed by atoms with Gasteiger partial charge in [0.1, 0.15) is 0 Å². The van der Waals surface area contributed by atoms with E-state index in [2.05, 4.69) is 17.4 Å². The molecule has 2 fully saturated rings. The monoisotopic (exact) mass is 272 g/mol. The Morgan fingerprint density at radius 3 is 2.50 bits per heavy atom. The van der Waals surface area contributed by atoms with Crippen LogP contribution in [0.15, 0.2) is 24.3 Å². The lowest BCUT2D eigenvalue weighted by molar-refractivity contribution is 0.0722. The van der Waals surface area contributed by atoms with Gasteiger partial charge in [-0.25, -0.2) is 0 Å². The highest BCUT2D eigenvalue weighted by atomic mass is 16.2. The van der Waals surface area contributed by atoms with E-state index in [9.17, 15) is 4.79 Å². The van der Waals surface area contributed by atoms with Crippen LogP contribution < -0.4 is 5.32 Å². The van der Waals surface area contributed by atoms with Crippen molar-refractivity contribution in [3.05, 3.63) is 35.4 Å². The Kier molecular flexibility index (Phi) is 4.36. The molecule has 0 saturated carbocycles. The summed E-state index contributed by atoms with van der Waals surface area (Å²) >= 11 is 0. The Labute approximate surface area is 121 Å². The van der Waals surface area contributed by atoms with Crippen LogP contribution in [0.25, 0.3) is 0 Å². The van der Waals surface area contributed by atoms with Crippen molar-refractivity contribution in [1.82, 2.24) is 10.2 Å². The minimum absolute atomic E-state index is 0.249. The third-order valence-corrected chi connectivity index (χ3v) is 4.61. The SMILES string of the molecule is O=C(c1ccccc1C1CCNCC1)N1CCCCC1. The molecule has 2 heterocycles. The molecular weight excluding hydrogens is 248 g/mol. The van der Waals surface area contributed by atoms with Crippen LogP contribution in [-0.4, -0.2) is 37.0 Å². The molecule has 108 valence electrons. The average molecular weight is 272 g/mol. The lowest BCUT2D eigenvalue weighted by Crippen LogP contribution is -2.36. The highest BCUT2D eigenvalue weighted by Gasteiger charge is 2.24. The van der Waals surface area contributed by atoms with Crippen molar-refractivity contribution in [3.8, 4) is 0 Å². The number of nitrogens with one attached hydrogen (secondary N) is 1. The number of likely N-dealkylation sites (tertiary alicyclic amines) is 1. The van der Waals surface area contributed by atoms with Gasteiger partial charge < -0.3 is 10.2 Å². The summed E-state index contributed by atoms with van der Waals surface area (Å²) in [6.45, 7) is 3.99. The Hall–Kier alpha value is -1.35. The van der Waals surface area contributed by atoms with Gasteiger partial charge >= 0.3 is 0 Å². The summed E-state index contributed by atoms with van der Waals surface area (Å²) in [5.41, 5.74) is 2.21. The summed E-state index contributed by atoms with van der Waals surface area (Å²) < 4.78 is 0. The number of amides is 1. The zero-order valence-electron chi connectivity index (χ0n) is 12.1. The molecule has 0 radical (unpaired) electrons.